The van der Waals surface area contributed by atoms with Crippen LogP contribution in [0, 0.1) is 11.8 Å². The van der Waals surface area contributed by atoms with Crippen LogP contribution in [0.4, 0.5) is 13.2 Å². The van der Waals surface area contributed by atoms with Crippen molar-refractivity contribution >= 4 is 27.8 Å². The summed E-state index contributed by atoms with van der Waals surface area (Å²) in [6.45, 7) is 0.133. The summed E-state index contributed by atoms with van der Waals surface area (Å²) in [7, 11) is 1.16. The van der Waals surface area contributed by atoms with Gasteiger partial charge in [0.2, 0.25) is 5.91 Å². The van der Waals surface area contributed by atoms with E-state index in [2.05, 4.69) is 15.9 Å². The molecule has 2 aromatic rings. The Balaban J connectivity index is 1.58. The van der Waals surface area contributed by atoms with E-state index in [4.69, 9.17) is 4.74 Å². The number of alkyl halides is 3. The summed E-state index contributed by atoms with van der Waals surface area (Å²) in [6, 6.07) is 12.8. The Kier molecular flexibility index (Phi) is 6.85. The van der Waals surface area contributed by atoms with Gasteiger partial charge in [0, 0.05) is 17.4 Å². The molecule has 4 nitrogen and oxygen atoms in total. The molecule has 1 amide bonds. The largest absolute Gasteiger partial charge is 0.461 e. The number of hydrogen-bond acceptors (Lipinski definition) is 3. The first kappa shape index (κ1) is 22.3. The van der Waals surface area contributed by atoms with Crippen LogP contribution < -0.4 is 0 Å². The smallest absolute Gasteiger partial charge is 0.413 e. The lowest BCUT2D eigenvalue weighted by atomic mass is 9.74. The topological polar surface area (TPSA) is 46.6 Å². The molecule has 0 bridgehead atoms. The molecular weight excluding hydrogens is 463 g/mol. The van der Waals surface area contributed by atoms with E-state index >= 15 is 0 Å². The summed E-state index contributed by atoms with van der Waals surface area (Å²) in [5, 5.41) is 0. The van der Waals surface area contributed by atoms with Gasteiger partial charge < -0.3 is 9.64 Å². The lowest BCUT2D eigenvalue weighted by Gasteiger charge is -2.38. The Morgan fingerprint density at radius 1 is 1.07 bits per heavy atom. The number of carbonyl (C=O) groups excluding carboxylic acids is 2. The molecule has 1 aliphatic rings. The SMILES string of the molecule is CN(C(=O)C1CC(C(=O)OCc2ccccc2)C1)C(c1ccc(Br)cc1)C(F)(F)F. The lowest BCUT2D eigenvalue weighted by Crippen LogP contribution is -2.47. The molecule has 1 atom stereocenters. The van der Waals surface area contributed by atoms with Crippen molar-refractivity contribution in [1.82, 2.24) is 4.90 Å². The van der Waals surface area contributed by atoms with Crippen molar-refractivity contribution in [2.24, 2.45) is 11.8 Å². The quantitative estimate of drug-likeness (QED) is 0.525. The van der Waals surface area contributed by atoms with Gasteiger partial charge in [-0.25, -0.2) is 0 Å². The molecule has 1 aliphatic carbocycles. The van der Waals surface area contributed by atoms with Crippen LogP contribution in [0.2, 0.25) is 0 Å². The summed E-state index contributed by atoms with van der Waals surface area (Å²) < 4.78 is 47.0. The molecule has 0 radical (unpaired) electrons. The van der Waals surface area contributed by atoms with Crippen LogP contribution in [-0.2, 0) is 20.9 Å². The standard InChI is InChI=1S/C22H21BrF3NO3/c1-27(19(22(24,25)26)15-7-9-18(23)10-8-15)20(28)16-11-17(12-16)21(29)30-13-14-5-3-2-4-6-14/h2-10,16-17,19H,11-13H2,1H3. The number of hydrogen-bond donors (Lipinski definition) is 0. The van der Waals surface area contributed by atoms with Crippen LogP contribution in [0.3, 0.4) is 0 Å². The molecule has 0 heterocycles. The van der Waals surface area contributed by atoms with Crippen molar-refractivity contribution in [3.63, 3.8) is 0 Å². The minimum atomic E-state index is -4.62. The van der Waals surface area contributed by atoms with Crippen LogP contribution >= 0.6 is 15.9 Å². The number of nitrogens with zero attached hydrogens (tertiary/aromatic N) is 1. The summed E-state index contributed by atoms with van der Waals surface area (Å²) in [5.41, 5.74) is 0.833. The first-order valence-corrected chi connectivity index (χ1v) is 10.3. The second kappa shape index (κ2) is 9.20. The predicted molar refractivity (Wildman–Crippen MR) is 108 cm³/mol. The molecule has 1 unspecified atom stereocenters. The van der Waals surface area contributed by atoms with Gasteiger partial charge in [-0.1, -0.05) is 58.4 Å². The zero-order chi connectivity index (χ0) is 21.9. The third kappa shape index (κ3) is 5.22. The summed E-state index contributed by atoms with van der Waals surface area (Å²) >= 11 is 3.20. The van der Waals surface area contributed by atoms with Crippen molar-refractivity contribution < 1.29 is 27.5 Å². The Hall–Kier alpha value is -2.35. The van der Waals surface area contributed by atoms with Crippen LogP contribution in [0.1, 0.15) is 30.0 Å². The number of carbonyl (C=O) groups is 2. The molecule has 0 aliphatic heterocycles. The summed E-state index contributed by atoms with van der Waals surface area (Å²) in [4.78, 5) is 25.6. The molecule has 0 N–H and O–H groups in total. The molecule has 2 aromatic carbocycles. The Bertz CT molecular complexity index is 881. The van der Waals surface area contributed by atoms with Gasteiger partial charge >= 0.3 is 12.1 Å². The number of amides is 1. The van der Waals surface area contributed by atoms with Gasteiger partial charge in [0.25, 0.3) is 0 Å². The van der Waals surface area contributed by atoms with Crippen molar-refractivity contribution in [1.29, 1.82) is 0 Å². The van der Waals surface area contributed by atoms with Crippen molar-refractivity contribution in [2.75, 3.05) is 7.05 Å². The minimum Gasteiger partial charge on any atom is -0.461 e. The molecule has 0 aromatic heterocycles. The second-order valence-corrected chi connectivity index (χ2v) is 8.32. The van der Waals surface area contributed by atoms with Crippen LogP contribution in [0.5, 0.6) is 0 Å². The number of halogens is 4. The molecule has 8 heteroatoms. The minimum absolute atomic E-state index is 0.0142. The average molecular weight is 484 g/mol. The molecule has 3 rings (SSSR count). The molecular formula is C22H21BrF3NO3. The molecule has 0 saturated heterocycles. The number of rotatable bonds is 6. The van der Waals surface area contributed by atoms with E-state index in [0.29, 0.717) is 4.47 Å². The fourth-order valence-electron chi connectivity index (χ4n) is 3.55. The van der Waals surface area contributed by atoms with Crippen molar-refractivity contribution in [2.45, 2.75) is 31.7 Å². The zero-order valence-electron chi connectivity index (χ0n) is 16.2. The van der Waals surface area contributed by atoms with E-state index in [9.17, 15) is 22.8 Å². The van der Waals surface area contributed by atoms with Gasteiger partial charge in [-0.05, 0) is 36.1 Å². The van der Waals surface area contributed by atoms with E-state index in [1.807, 2.05) is 30.3 Å². The molecule has 1 fully saturated rings. The zero-order valence-corrected chi connectivity index (χ0v) is 17.8. The van der Waals surface area contributed by atoms with Crippen molar-refractivity contribution in [3.8, 4) is 0 Å². The van der Waals surface area contributed by atoms with Crippen LogP contribution in [0.15, 0.2) is 59.1 Å². The maximum Gasteiger partial charge on any atom is 0.413 e. The number of esters is 1. The fraction of sp³-hybridized carbons (Fsp3) is 0.364. The Morgan fingerprint density at radius 3 is 2.23 bits per heavy atom. The number of benzene rings is 2. The van der Waals surface area contributed by atoms with Gasteiger partial charge in [-0.3, -0.25) is 9.59 Å². The van der Waals surface area contributed by atoms with Crippen LogP contribution in [-0.4, -0.2) is 30.0 Å². The van der Waals surface area contributed by atoms with E-state index in [1.54, 1.807) is 0 Å². The Labute approximate surface area is 181 Å². The van der Waals surface area contributed by atoms with Gasteiger partial charge in [-0.15, -0.1) is 0 Å². The fourth-order valence-corrected chi connectivity index (χ4v) is 3.82. The second-order valence-electron chi connectivity index (χ2n) is 7.40. The highest BCUT2D eigenvalue weighted by Gasteiger charge is 2.48. The van der Waals surface area contributed by atoms with E-state index in [1.165, 1.54) is 24.3 Å². The normalized spacial score (nSPS) is 19.5. The predicted octanol–water partition coefficient (Wildman–Crippen LogP) is 5.28. The van der Waals surface area contributed by atoms with Gasteiger partial charge in [-0.2, -0.15) is 13.2 Å². The lowest BCUT2D eigenvalue weighted by molar-refractivity contribution is -0.192. The van der Waals surface area contributed by atoms with Gasteiger partial charge in [0.1, 0.15) is 6.61 Å². The first-order chi connectivity index (χ1) is 14.2. The molecule has 30 heavy (non-hydrogen) atoms. The third-order valence-corrected chi connectivity index (χ3v) is 5.80. The third-order valence-electron chi connectivity index (χ3n) is 5.28. The Morgan fingerprint density at radius 2 is 1.67 bits per heavy atom. The summed E-state index contributed by atoms with van der Waals surface area (Å²) in [6.07, 6.45) is -4.22. The summed E-state index contributed by atoms with van der Waals surface area (Å²) in [5.74, 6) is -2.13. The average Bonchev–Trinajstić information content (AvgIpc) is 2.66. The number of ether oxygens (including phenoxy) is 1. The monoisotopic (exact) mass is 483 g/mol. The maximum atomic E-state index is 13.7. The molecule has 1 saturated carbocycles. The molecule has 160 valence electrons. The van der Waals surface area contributed by atoms with Gasteiger partial charge in [0.15, 0.2) is 6.04 Å². The maximum absolute atomic E-state index is 13.7. The van der Waals surface area contributed by atoms with Crippen LogP contribution in [0.25, 0.3) is 0 Å². The highest BCUT2D eigenvalue weighted by atomic mass is 79.9. The van der Waals surface area contributed by atoms with E-state index in [-0.39, 0.29) is 25.0 Å². The highest BCUT2D eigenvalue weighted by Crippen LogP contribution is 2.41. The highest BCUT2D eigenvalue weighted by molar-refractivity contribution is 9.10. The van der Waals surface area contributed by atoms with E-state index in [0.717, 1.165) is 17.5 Å². The van der Waals surface area contributed by atoms with Gasteiger partial charge in [0.05, 0.1) is 5.92 Å². The van der Waals surface area contributed by atoms with E-state index < -0.39 is 35.9 Å². The first-order valence-electron chi connectivity index (χ1n) is 9.46. The molecule has 0 spiro atoms. The van der Waals surface area contributed by atoms with Crippen molar-refractivity contribution in [3.05, 3.63) is 70.2 Å².